The summed E-state index contributed by atoms with van der Waals surface area (Å²) >= 11 is 1.80. The zero-order valence-corrected chi connectivity index (χ0v) is 14.9. The lowest BCUT2D eigenvalue weighted by atomic mass is 10.0. The quantitative estimate of drug-likeness (QED) is 0.704. The molecule has 2 heterocycles. The molecule has 0 saturated heterocycles. The molecule has 1 aliphatic rings. The second kappa shape index (κ2) is 7.66. The summed E-state index contributed by atoms with van der Waals surface area (Å²) in [6.45, 7) is 1.24. The summed E-state index contributed by atoms with van der Waals surface area (Å²) in [7, 11) is 0. The van der Waals surface area contributed by atoms with Gasteiger partial charge < -0.3 is 10.1 Å². The standard InChI is InChI=1S/C20H21N3OS/c1-2-10-19-18(9-1)23-20(25-19)22-13-15-6-5-8-17(12-15)24-14-16-7-3-4-11-21-16/h3-8,11-12H,1-2,9-10,13-14H2,(H,22,23). The lowest BCUT2D eigenvalue weighted by Crippen LogP contribution is -2.02. The first-order chi connectivity index (χ1) is 12.4. The Morgan fingerprint density at radius 2 is 2.04 bits per heavy atom. The summed E-state index contributed by atoms with van der Waals surface area (Å²) in [5, 5.41) is 4.49. The van der Waals surface area contributed by atoms with Gasteiger partial charge in [0.15, 0.2) is 5.13 Å². The highest BCUT2D eigenvalue weighted by molar-refractivity contribution is 7.15. The summed E-state index contributed by atoms with van der Waals surface area (Å²) in [5.41, 5.74) is 3.41. The Labute approximate surface area is 151 Å². The van der Waals surface area contributed by atoms with E-state index in [0.29, 0.717) is 6.61 Å². The van der Waals surface area contributed by atoms with E-state index >= 15 is 0 Å². The van der Waals surface area contributed by atoms with E-state index in [2.05, 4.69) is 22.4 Å². The van der Waals surface area contributed by atoms with E-state index in [4.69, 9.17) is 9.72 Å². The Kier molecular flexibility index (Phi) is 4.93. The van der Waals surface area contributed by atoms with Gasteiger partial charge in [0, 0.05) is 17.6 Å². The van der Waals surface area contributed by atoms with Gasteiger partial charge in [-0.05, 0) is 55.5 Å². The number of hydrogen-bond acceptors (Lipinski definition) is 5. The van der Waals surface area contributed by atoms with E-state index in [1.54, 1.807) is 17.5 Å². The molecule has 1 N–H and O–H groups in total. The van der Waals surface area contributed by atoms with Crippen molar-refractivity contribution in [3.8, 4) is 5.75 Å². The number of nitrogens with zero attached hydrogens (tertiary/aromatic N) is 2. The molecule has 0 bridgehead atoms. The van der Waals surface area contributed by atoms with Crippen molar-refractivity contribution in [2.45, 2.75) is 38.8 Å². The van der Waals surface area contributed by atoms with Gasteiger partial charge in [-0.3, -0.25) is 4.98 Å². The first-order valence-electron chi connectivity index (χ1n) is 8.71. The molecule has 128 valence electrons. The zero-order chi connectivity index (χ0) is 16.9. The van der Waals surface area contributed by atoms with E-state index in [-0.39, 0.29) is 0 Å². The molecule has 0 spiro atoms. The van der Waals surface area contributed by atoms with Gasteiger partial charge in [-0.2, -0.15) is 0 Å². The van der Waals surface area contributed by atoms with Crippen molar-refractivity contribution in [1.29, 1.82) is 0 Å². The zero-order valence-electron chi connectivity index (χ0n) is 14.1. The van der Waals surface area contributed by atoms with Gasteiger partial charge in [0.1, 0.15) is 12.4 Å². The van der Waals surface area contributed by atoms with Crippen molar-refractivity contribution < 1.29 is 4.74 Å². The van der Waals surface area contributed by atoms with Gasteiger partial charge >= 0.3 is 0 Å². The van der Waals surface area contributed by atoms with Crippen molar-refractivity contribution in [2.24, 2.45) is 0 Å². The fourth-order valence-electron chi connectivity index (χ4n) is 2.99. The third kappa shape index (κ3) is 4.17. The van der Waals surface area contributed by atoms with Crippen LogP contribution in [0.2, 0.25) is 0 Å². The highest BCUT2D eigenvalue weighted by atomic mass is 32.1. The maximum Gasteiger partial charge on any atom is 0.183 e. The van der Waals surface area contributed by atoms with Crippen LogP contribution >= 0.6 is 11.3 Å². The Hall–Kier alpha value is -2.40. The second-order valence-electron chi connectivity index (χ2n) is 6.21. The van der Waals surface area contributed by atoms with Crippen molar-refractivity contribution in [2.75, 3.05) is 5.32 Å². The van der Waals surface area contributed by atoms with Gasteiger partial charge in [-0.15, -0.1) is 11.3 Å². The van der Waals surface area contributed by atoms with Crippen LogP contribution in [0.1, 0.15) is 34.7 Å². The summed E-state index contributed by atoms with van der Waals surface area (Å²) < 4.78 is 5.85. The van der Waals surface area contributed by atoms with Crippen molar-refractivity contribution in [3.63, 3.8) is 0 Å². The summed E-state index contributed by atoms with van der Waals surface area (Å²) in [6.07, 6.45) is 6.67. The number of hydrogen-bond donors (Lipinski definition) is 1. The number of thiazole rings is 1. The van der Waals surface area contributed by atoms with Crippen LogP contribution in [-0.4, -0.2) is 9.97 Å². The molecule has 0 atom stereocenters. The van der Waals surface area contributed by atoms with Crippen LogP contribution in [0.25, 0.3) is 0 Å². The lowest BCUT2D eigenvalue weighted by molar-refractivity contribution is 0.301. The Morgan fingerprint density at radius 3 is 2.92 bits per heavy atom. The van der Waals surface area contributed by atoms with Crippen LogP contribution in [0.4, 0.5) is 5.13 Å². The van der Waals surface area contributed by atoms with Crippen molar-refractivity contribution in [1.82, 2.24) is 9.97 Å². The smallest absolute Gasteiger partial charge is 0.183 e. The highest BCUT2D eigenvalue weighted by Gasteiger charge is 2.14. The van der Waals surface area contributed by atoms with Crippen molar-refractivity contribution in [3.05, 3.63) is 70.5 Å². The molecule has 0 saturated carbocycles. The molecule has 0 aliphatic heterocycles. The van der Waals surface area contributed by atoms with Gasteiger partial charge in [-0.1, -0.05) is 18.2 Å². The maximum atomic E-state index is 5.85. The molecule has 2 aromatic heterocycles. The van der Waals surface area contributed by atoms with Gasteiger partial charge in [0.2, 0.25) is 0 Å². The van der Waals surface area contributed by atoms with Gasteiger partial charge in [0.25, 0.3) is 0 Å². The number of rotatable bonds is 6. The number of nitrogens with one attached hydrogen (secondary N) is 1. The first kappa shape index (κ1) is 16.1. The van der Waals surface area contributed by atoms with Crippen LogP contribution in [0.3, 0.4) is 0 Å². The van der Waals surface area contributed by atoms with E-state index in [0.717, 1.165) is 29.5 Å². The summed E-state index contributed by atoms with van der Waals surface area (Å²) in [4.78, 5) is 10.5. The topological polar surface area (TPSA) is 47.0 Å². The Balaban J connectivity index is 1.35. The second-order valence-corrected chi connectivity index (χ2v) is 7.29. The van der Waals surface area contributed by atoms with Crippen LogP contribution in [0.15, 0.2) is 48.7 Å². The van der Waals surface area contributed by atoms with Gasteiger partial charge in [-0.25, -0.2) is 4.98 Å². The number of benzene rings is 1. The maximum absolute atomic E-state index is 5.85. The van der Waals surface area contributed by atoms with Crippen LogP contribution in [0, 0.1) is 0 Å². The predicted molar refractivity (Wildman–Crippen MR) is 101 cm³/mol. The normalized spacial score (nSPS) is 13.3. The molecule has 1 aromatic carbocycles. The lowest BCUT2D eigenvalue weighted by Gasteiger charge is -2.08. The van der Waals surface area contributed by atoms with Gasteiger partial charge in [0.05, 0.1) is 11.4 Å². The van der Waals surface area contributed by atoms with Crippen LogP contribution in [0.5, 0.6) is 5.75 Å². The number of ether oxygens (including phenoxy) is 1. The fourth-order valence-corrected chi connectivity index (χ4v) is 4.04. The minimum absolute atomic E-state index is 0.483. The third-order valence-corrected chi connectivity index (χ3v) is 5.42. The van der Waals surface area contributed by atoms with E-state index in [1.165, 1.54) is 35.4 Å². The first-order valence-corrected chi connectivity index (χ1v) is 9.52. The van der Waals surface area contributed by atoms with Crippen LogP contribution in [-0.2, 0) is 26.0 Å². The Morgan fingerprint density at radius 1 is 1.08 bits per heavy atom. The Bertz CT molecular complexity index is 808. The monoisotopic (exact) mass is 351 g/mol. The molecule has 5 heteroatoms. The molecule has 1 aliphatic carbocycles. The number of anilines is 1. The third-order valence-electron chi connectivity index (χ3n) is 4.30. The van der Waals surface area contributed by atoms with E-state index in [9.17, 15) is 0 Å². The molecule has 4 rings (SSSR count). The number of aromatic nitrogens is 2. The van der Waals surface area contributed by atoms with Crippen molar-refractivity contribution >= 4 is 16.5 Å². The SMILES string of the molecule is c1ccc(COc2cccc(CNc3nc4c(s3)CCCC4)c2)nc1. The molecular formula is C20H21N3OS. The summed E-state index contributed by atoms with van der Waals surface area (Å²) in [6, 6.07) is 14.0. The molecule has 0 unspecified atom stereocenters. The largest absolute Gasteiger partial charge is 0.487 e. The number of pyridine rings is 1. The molecular weight excluding hydrogens is 330 g/mol. The molecule has 25 heavy (non-hydrogen) atoms. The highest BCUT2D eigenvalue weighted by Crippen LogP contribution is 2.29. The molecule has 0 fully saturated rings. The molecule has 3 aromatic rings. The molecule has 0 radical (unpaired) electrons. The number of fused-ring (bicyclic) bond motifs is 1. The number of aryl methyl sites for hydroxylation is 2. The summed E-state index contributed by atoms with van der Waals surface area (Å²) in [5.74, 6) is 0.864. The minimum Gasteiger partial charge on any atom is -0.487 e. The fraction of sp³-hybridized carbons (Fsp3) is 0.300. The molecule has 4 nitrogen and oxygen atoms in total. The van der Waals surface area contributed by atoms with E-state index in [1.807, 2.05) is 30.3 Å². The van der Waals surface area contributed by atoms with Crippen LogP contribution < -0.4 is 10.1 Å². The average Bonchev–Trinajstić information content (AvgIpc) is 3.09. The molecule has 0 amide bonds. The minimum atomic E-state index is 0.483. The average molecular weight is 351 g/mol. The van der Waals surface area contributed by atoms with E-state index < -0.39 is 0 Å². The predicted octanol–water partition coefficient (Wildman–Crippen LogP) is 4.61.